The van der Waals surface area contributed by atoms with Crippen LogP contribution >= 0.6 is 11.6 Å². The summed E-state index contributed by atoms with van der Waals surface area (Å²) in [7, 11) is 0. The Morgan fingerprint density at radius 2 is 2.18 bits per heavy atom. The smallest absolute Gasteiger partial charge is 0.248 e. The number of hydrogen-bond acceptors (Lipinski definition) is 2. The molecule has 1 rings (SSSR count). The number of piperazine rings is 1. The van der Waals surface area contributed by atoms with Crippen molar-refractivity contribution in [3.8, 4) is 0 Å². The highest BCUT2D eigenvalue weighted by atomic mass is 35.5. The molecular weight excluding hydrogens is 240 g/mol. The highest BCUT2D eigenvalue weighted by Crippen LogP contribution is 2.22. The molecule has 0 saturated carbocycles. The summed E-state index contributed by atoms with van der Waals surface area (Å²) in [4.78, 5) is 25.7. The Morgan fingerprint density at radius 1 is 1.59 bits per heavy atom. The molecule has 2 atom stereocenters. The van der Waals surface area contributed by atoms with Crippen LogP contribution in [0.5, 0.6) is 0 Å². The molecule has 0 aliphatic carbocycles. The van der Waals surface area contributed by atoms with Gasteiger partial charge in [-0.2, -0.15) is 0 Å². The van der Waals surface area contributed by atoms with E-state index in [2.05, 4.69) is 5.32 Å². The van der Waals surface area contributed by atoms with Crippen molar-refractivity contribution in [2.45, 2.75) is 45.7 Å². The quantitative estimate of drug-likeness (QED) is 0.837. The van der Waals surface area contributed by atoms with Crippen LogP contribution in [0.2, 0.25) is 0 Å². The fraction of sp³-hybridized carbons (Fsp3) is 0.667. The van der Waals surface area contributed by atoms with Crippen LogP contribution in [0, 0.1) is 0 Å². The van der Waals surface area contributed by atoms with E-state index < -0.39 is 11.6 Å². The molecule has 0 bridgehead atoms. The van der Waals surface area contributed by atoms with Crippen LogP contribution in [-0.2, 0) is 9.59 Å². The Hall–Kier alpha value is -1.03. The summed E-state index contributed by atoms with van der Waals surface area (Å²) in [6.07, 6.45) is 0.574. The normalized spacial score (nSPS) is 30.5. The first-order valence-corrected chi connectivity index (χ1v) is 6.18. The van der Waals surface area contributed by atoms with Gasteiger partial charge in [0.1, 0.15) is 11.6 Å². The van der Waals surface area contributed by atoms with Crippen molar-refractivity contribution in [2.75, 3.05) is 6.54 Å². The predicted octanol–water partition coefficient (Wildman–Crippen LogP) is 1.64. The van der Waals surface area contributed by atoms with Crippen LogP contribution in [0.3, 0.4) is 0 Å². The van der Waals surface area contributed by atoms with Gasteiger partial charge in [-0.25, -0.2) is 0 Å². The van der Waals surface area contributed by atoms with Crippen molar-refractivity contribution in [3.63, 3.8) is 0 Å². The van der Waals surface area contributed by atoms with Gasteiger partial charge in [0.15, 0.2) is 0 Å². The number of carbonyl (C=O) groups is 2. The van der Waals surface area contributed by atoms with Crippen molar-refractivity contribution < 1.29 is 9.59 Å². The van der Waals surface area contributed by atoms with Gasteiger partial charge in [-0.3, -0.25) is 9.59 Å². The molecule has 1 fully saturated rings. The number of hydrogen-bond donors (Lipinski definition) is 1. The largest absolute Gasteiger partial charge is 0.340 e. The molecule has 96 valence electrons. The molecule has 4 nitrogen and oxygen atoms in total. The molecule has 0 aromatic rings. The van der Waals surface area contributed by atoms with Gasteiger partial charge in [0, 0.05) is 12.1 Å². The second-order valence-corrected chi connectivity index (χ2v) is 4.96. The molecule has 1 saturated heterocycles. The summed E-state index contributed by atoms with van der Waals surface area (Å²) < 4.78 is 0. The summed E-state index contributed by atoms with van der Waals surface area (Å²) in [6.45, 7) is 7.60. The summed E-state index contributed by atoms with van der Waals surface area (Å²) in [5.74, 6) is -0.165. The van der Waals surface area contributed by atoms with Crippen LogP contribution in [0.1, 0.15) is 34.1 Å². The van der Waals surface area contributed by atoms with Crippen LogP contribution in [0.4, 0.5) is 0 Å². The molecule has 17 heavy (non-hydrogen) atoms. The Bertz CT molecular complexity index is 368. The number of halogens is 1. The van der Waals surface area contributed by atoms with Crippen LogP contribution in [0.25, 0.3) is 0 Å². The maximum absolute atomic E-state index is 12.3. The fourth-order valence-electron chi connectivity index (χ4n) is 1.82. The number of carbonyl (C=O) groups excluding carboxylic acids is 2. The third-order valence-electron chi connectivity index (χ3n) is 3.29. The zero-order valence-corrected chi connectivity index (χ0v) is 11.5. The van der Waals surface area contributed by atoms with Gasteiger partial charge in [-0.15, -0.1) is 0 Å². The Labute approximate surface area is 107 Å². The molecule has 1 aliphatic heterocycles. The molecule has 0 aromatic heterocycles. The van der Waals surface area contributed by atoms with Crippen molar-refractivity contribution in [1.82, 2.24) is 10.2 Å². The van der Waals surface area contributed by atoms with Gasteiger partial charge < -0.3 is 10.2 Å². The van der Waals surface area contributed by atoms with Crippen LogP contribution in [0.15, 0.2) is 11.1 Å². The van der Waals surface area contributed by atoms with Crippen LogP contribution < -0.4 is 5.32 Å². The minimum Gasteiger partial charge on any atom is -0.340 e. The molecule has 5 heteroatoms. The molecule has 0 radical (unpaired) electrons. The molecule has 0 aromatic carbocycles. The van der Waals surface area contributed by atoms with Crippen molar-refractivity contribution in [1.29, 1.82) is 0 Å². The molecule has 2 unspecified atom stereocenters. The Morgan fingerprint density at radius 3 is 2.65 bits per heavy atom. The average molecular weight is 259 g/mol. The van der Waals surface area contributed by atoms with E-state index in [4.69, 9.17) is 11.6 Å². The minimum absolute atomic E-state index is 0.0510. The van der Waals surface area contributed by atoms with E-state index in [1.165, 1.54) is 5.54 Å². The minimum atomic E-state index is -0.795. The number of rotatable bonds is 3. The van der Waals surface area contributed by atoms with Crippen molar-refractivity contribution in [2.24, 2.45) is 0 Å². The first-order valence-electron chi connectivity index (χ1n) is 5.74. The second-order valence-electron chi connectivity index (χ2n) is 4.74. The highest BCUT2D eigenvalue weighted by Gasteiger charge is 2.45. The van der Waals surface area contributed by atoms with E-state index in [0.717, 1.165) is 5.57 Å². The third kappa shape index (κ3) is 2.63. The molecule has 2 amide bonds. The van der Waals surface area contributed by atoms with E-state index >= 15 is 0 Å². The summed E-state index contributed by atoms with van der Waals surface area (Å²) in [5, 5.41) is 2.78. The lowest BCUT2D eigenvalue weighted by atomic mass is 9.92. The van der Waals surface area contributed by atoms with E-state index in [9.17, 15) is 9.59 Å². The first-order chi connectivity index (χ1) is 7.85. The second kappa shape index (κ2) is 5.08. The number of nitrogens with zero attached hydrogens (tertiary/aromatic N) is 1. The van der Waals surface area contributed by atoms with Crippen LogP contribution in [-0.4, -0.2) is 34.8 Å². The summed E-state index contributed by atoms with van der Waals surface area (Å²) in [6, 6.07) is -0.450. The van der Waals surface area contributed by atoms with Crippen molar-refractivity contribution in [3.05, 3.63) is 11.1 Å². The topological polar surface area (TPSA) is 49.4 Å². The van der Waals surface area contributed by atoms with Gasteiger partial charge in [-0.05, 0) is 32.8 Å². The lowest BCUT2D eigenvalue weighted by Gasteiger charge is -2.43. The average Bonchev–Trinajstić information content (AvgIpc) is 2.31. The number of amides is 2. The van der Waals surface area contributed by atoms with Gasteiger partial charge in [0.2, 0.25) is 11.8 Å². The third-order valence-corrected chi connectivity index (χ3v) is 3.66. The molecule has 1 N–H and O–H groups in total. The van der Waals surface area contributed by atoms with Gasteiger partial charge in [0.25, 0.3) is 0 Å². The maximum atomic E-state index is 12.3. The lowest BCUT2D eigenvalue weighted by Crippen LogP contribution is -2.68. The van der Waals surface area contributed by atoms with Crippen molar-refractivity contribution >= 4 is 23.4 Å². The SMILES string of the molecule is CCC1(C)NC(=O)C(C)N(CC(C)=CCl)C1=O. The molecule has 1 aliphatic rings. The first kappa shape index (κ1) is 14.0. The van der Waals surface area contributed by atoms with Gasteiger partial charge in [0.05, 0.1) is 0 Å². The summed E-state index contributed by atoms with van der Waals surface area (Å²) in [5.41, 5.74) is 1.51. The molecule has 1 heterocycles. The molecule has 0 spiro atoms. The predicted molar refractivity (Wildman–Crippen MR) is 67.6 cm³/mol. The zero-order chi connectivity index (χ0) is 13.2. The Kier molecular flexibility index (Phi) is 4.20. The van der Waals surface area contributed by atoms with E-state index in [1.54, 1.807) is 18.7 Å². The van der Waals surface area contributed by atoms with E-state index in [0.29, 0.717) is 13.0 Å². The summed E-state index contributed by atoms with van der Waals surface area (Å²) >= 11 is 5.61. The monoisotopic (exact) mass is 258 g/mol. The number of nitrogens with one attached hydrogen (secondary N) is 1. The molecular formula is C12H19ClN2O2. The standard InChI is InChI=1S/C12H19ClN2O2/c1-5-12(4)11(17)15(7-8(2)6-13)9(3)10(16)14-12/h6,9H,5,7H2,1-4H3,(H,14,16). The maximum Gasteiger partial charge on any atom is 0.248 e. The lowest BCUT2D eigenvalue weighted by molar-refractivity contribution is -0.153. The zero-order valence-electron chi connectivity index (χ0n) is 10.7. The van der Waals surface area contributed by atoms with Gasteiger partial charge in [-0.1, -0.05) is 18.5 Å². The highest BCUT2D eigenvalue weighted by molar-refractivity contribution is 6.25. The van der Waals surface area contributed by atoms with Gasteiger partial charge >= 0.3 is 0 Å². The van der Waals surface area contributed by atoms with E-state index in [1.807, 2.05) is 13.8 Å². The van der Waals surface area contributed by atoms with E-state index in [-0.39, 0.29) is 11.8 Å². The fourth-order valence-corrected chi connectivity index (χ4v) is 1.88. The Balaban J connectivity index is 3.00.